The van der Waals surface area contributed by atoms with Crippen LogP contribution in [-0.4, -0.2) is 58.6 Å². The number of carbonyl (C=O) groups excluding carboxylic acids is 2. The van der Waals surface area contributed by atoms with Crippen LogP contribution in [0.1, 0.15) is 52.4 Å². The average molecular weight is 388 g/mol. The van der Waals surface area contributed by atoms with E-state index in [4.69, 9.17) is 16.6 Å². The number of hydrogen-bond acceptors (Lipinski definition) is 6. The molecule has 0 heterocycles. The lowest BCUT2D eigenvalue weighted by Gasteiger charge is -2.23. The van der Waals surface area contributed by atoms with Crippen LogP contribution in [0.2, 0.25) is 0 Å². The predicted molar refractivity (Wildman–Crippen MR) is 98.7 cm³/mol. The fraction of sp³-hybridized carbons (Fsp3) is 0.765. The Balaban J connectivity index is 4.98. The maximum absolute atomic E-state index is 12.5. The molecule has 0 saturated carbocycles. The zero-order valence-electron chi connectivity index (χ0n) is 15.9. The molecule has 156 valence electrons. The van der Waals surface area contributed by atoms with Crippen LogP contribution in [0.5, 0.6) is 0 Å². The topological polar surface area (TPSA) is 185 Å². The molecule has 0 aromatic rings. The van der Waals surface area contributed by atoms with Gasteiger partial charge in [-0.15, -0.1) is 0 Å². The number of aliphatic carboxylic acids is 2. The van der Waals surface area contributed by atoms with E-state index in [2.05, 4.69) is 10.6 Å². The lowest BCUT2D eigenvalue weighted by atomic mass is 10.0. The highest BCUT2D eigenvalue weighted by molar-refractivity contribution is 5.91. The Kier molecular flexibility index (Phi) is 12.0. The summed E-state index contributed by atoms with van der Waals surface area (Å²) in [7, 11) is 0. The quantitative estimate of drug-likeness (QED) is 0.213. The maximum Gasteiger partial charge on any atom is 0.326 e. The van der Waals surface area contributed by atoms with Gasteiger partial charge < -0.3 is 32.3 Å². The normalized spacial score (nSPS) is 14.3. The molecule has 0 aliphatic carbocycles. The van der Waals surface area contributed by atoms with Gasteiger partial charge in [0.2, 0.25) is 11.8 Å². The second-order valence-corrected chi connectivity index (χ2v) is 6.91. The fourth-order valence-corrected chi connectivity index (χ4v) is 2.42. The number of carboxylic acid groups (broad SMARTS) is 2. The van der Waals surface area contributed by atoms with Crippen molar-refractivity contribution in [2.24, 2.45) is 17.4 Å². The first-order valence-corrected chi connectivity index (χ1v) is 9.09. The molecule has 8 N–H and O–H groups in total. The Morgan fingerprint density at radius 3 is 2.00 bits per heavy atom. The third-order valence-electron chi connectivity index (χ3n) is 3.91. The smallest absolute Gasteiger partial charge is 0.326 e. The zero-order chi connectivity index (χ0) is 21.0. The molecule has 0 fully saturated rings. The Hall–Kier alpha value is -2.20. The van der Waals surface area contributed by atoms with E-state index in [1.807, 2.05) is 13.8 Å². The average Bonchev–Trinajstić information content (AvgIpc) is 2.57. The third-order valence-corrected chi connectivity index (χ3v) is 3.91. The summed E-state index contributed by atoms with van der Waals surface area (Å²) in [5.41, 5.74) is 11.1. The number of carbonyl (C=O) groups is 4. The predicted octanol–water partition coefficient (Wildman–Crippen LogP) is -0.592. The number of amides is 2. The van der Waals surface area contributed by atoms with E-state index in [1.54, 1.807) is 0 Å². The van der Waals surface area contributed by atoms with Crippen molar-refractivity contribution in [2.45, 2.75) is 70.5 Å². The van der Waals surface area contributed by atoms with Crippen molar-refractivity contribution < 1.29 is 29.4 Å². The van der Waals surface area contributed by atoms with Crippen molar-refractivity contribution in [3.05, 3.63) is 0 Å². The molecule has 10 nitrogen and oxygen atoms in total. The van der Waals surface area contributed by atoms with E-state index in [0.717, 1.165) is 0 Å². The van der Waals surface area contributed by atoms with Crippen molar-refractivity contribution in [2.75, 3.05) is 6.54 Å². The molecule has 0 aliphatic rings. The lowest BCUT2D eigenvalue weighted by Crippen LogP contribution is -2.54. The minimum Gasteiger partial charge on any atom is -0.481 e. The Bertz CT molecular complexity index is 512. The van der Waals surface area contributed by atoms with Crippen LogP contribution < -0.4 is 22.1 Å². The molecule has 3 atom stereocenters. The van der Waals surface area contributed by atoms with Gasteiger partial charge in [-0.1, -0.05) is 13.8 Å². The van der Waals surface area contributed by atoms with Crippen molar-refractivity contribution in [3.63, 3.8) is 0 Å². The Labute approximate surface area is 159 Å². The van der Waals surface area contributed by atoms with Gasteiger partial charge in [0.15, 0.2) is 0 Å². The maximum atomic E-state index is 12.5. The van der Waals surface area contributed by atoms with Gasteiger partial charge in [0.1, 0.15) is 12.1 Å². The van der Waals surface area contributed by atoms with Crippen LogP contribution in [-0.2, 0) is 19.2 Å². The summed E-state index contributed by atoms with van der Waals surface area (Å²) in [5.74, 6) is -3.43. The van der Waals surface area contributed by atoms with E-state index < -0.39 is 41.9 Å². The van der Waals surface area contributed by atoms with Crippen LogP contribution >= 0.6 is 0 Å². The standard InChI is InChI=1S/C17H32N4O6/c1-10(2)9-13(17(26)27)21-16(25)12(5-3-4-8-18)20-15(24)11(19)6-7-14(22)23/h10-13H,3-9,18-19H2,1-2H3,(H,20,24)(H,21,25)(H,22,23)(H,26,27). The molecule has 0 aromatic carbocycles. The second kappa shape index (κ2) is 13.0. The molecule has 0 bridgehead atoms. The monoisotopic (exact) mass is 388 g/mol. The highest BCUT2D eigenvalue weighted by atomic mass is 16.4. The second-order valence-electron chi connectivity index (χ2n) is 6.91. The lowest BCUT2D eigenvalue weighted by molar-refractivity contribution is -0.142. The molecule has 0 saturated heterocycles. The van der Waals surface area contributed by atoms with Gasteiger partial charge in [-0.3, -0.25) is 14.4 Å². The van der Waals surface area contributed by atoms with Gasteiger partial charge in [-0.25, -0.2) is 4.79 Å². The molecule has 3 unspecified atom stereocenters. The Morgan fingerprint density at radius 1 is 0.926 bits per heavy atom. The first-order valence-electron chi connectivity index (χ1n) is 9.09. The first kappa shape index (κ1) is 24.8. The number of nitrogens with two attached hydrogens (primary N) is 2. The van der Waals surface area contributed by atoms with Crippen LogP contribution in [0.3, 0.4) is 0 Å². The van der Waals surface area contributed by atoms with Crippen molar-refractivity contribution in [3.8, 4) is 0 Å². The molecule has 0 spiro atoms. The first-order chi connectivity index (χ1) is 12.6. The van der Waals surface area contributed by atoms with Gasteiger partial charge in [0.25, 0.3) is 0 Å². The molecule has 0 radical (unpaired) electrons. The largest absolute Gasteiger partial charge is 0.481 e. The summed E-state index contributed by atoms with van der Waals surface area (Å²) in [4.78, 5) is 46.6. The highest BCUT2D eigenvalue weighted by Gasteiger charge is 2.28. The van der Waals surface area contributed by atoms with E-state index in [1.165, 1.54) is 0 Å². The molecule has 10 heteroatoms. The molecule has 0 rings (SSSR count). The van der Waals surface area contributed by atoms with E-state index in [9.17, 15) is 24.3 Å². The number of unbranched alkanes of at least 4 members (excludes halogenated alkanes) is 1. The van der Waals surface area contributed by atoms with E-state index >= 15 is 0 Å². The van der Waals surface area contributed by atoms with Crippen molar-refractivity contribution in [1.82, 2.24) is 10.6 Å². The van der Waals surface area contributed by atoms with Crippen molar-refractivity contribution >= 4 is 23.8 Å². The minimum absolute atomic E-state index is 0.0566. The molecule has 2 amide bonds. The van der Waals surface area contributed by atoms with Gasteiger partial charge in [0, 0.05) is 6.42 Å². The van der Waals surface area contributed by atoms with E-state index in [-0.39, 0.29) is 31.6 Å². The number of hydrogen-bond donors (Lipinski definition) is 6. The van der Waals surface area contributed by atoms with Crippen LogP contribution in [0, 0.1) is 5.92 Å². The number of nitrogens with one attached hydrogen (secondary N) is 2. The van der Waals surface area contributed by atoms with Gasteiger partial charge in [-0.05, 0) is 44.6 Å². The van der Waals surface area contributed by atoms with E-state index in [0.29, 0.717) is 19.4 Å². The van der Waals surface area contributed by atoms with Gasteiger partial charge in [0.05, 0.1) is 6.04 Å². The summed E-state index contributed by atoms with van der Waals surface area (Å²) >= 11 is 0. The summed E-state index contributed by atoms with van der Waals surface area (Å²) in [6.07, 6.45) is 1.38. The summed E-state index contributed by atoms with van der Waals surface area (Å²) in [6, 6.07) is -3.10. The van der Waals surface area contributed by atoms with Crippen LogP contribution in [0.25, 0.3) is 0 Å². The highest BCUT2D eigenvalue weighted by Crippen LogP contribution is 2.08. The molecular formula is C17H32N4O6. The molecule has 27 heavy (non-hydrogen) atoms. The SMILES string of the molecule is CC(C)CC(NC(=O)C(CCCCN)NC(=O)C(N)CCC(=O)O)C(=O)O. The van der Waals surface area contributed by atoms with Crippen molar-refractivity contribution in [1.29, 1.82) is 0 Å². The van der Waals surface area contributed by atoms with Crippen LogP contribution in [0.4, 0.5) is 0 Å². The Morgan fingerprint density at radius 2 is 1.52 bits per heavy atom. The molecule has 0 aromatic heterocycles. The van der Waals surface area contributed by atoms with Gasteiger partial charge in [-0.2, -0.15) is 0 Å². The summed E-state index contributed by atoms with van der Waals surface area (Å²) < 4.78 is 0. The van der Waals surface area contributed by atoms with Gasteiger partial charge >= 0.3 is 11.9 Å². The molecular weight excluding hydrogens is 356 g/mol. The third kappa shape index (κ3) is 11.2. The summed E-state index contributed by atoms with van der Waals surface area (Å²) in [5, 5.41) is 22.9. The summed E-state index contributed by atoms with van der Waals surface area (Å²) in [6.45, 7) is 4.10. The number of rotatable bonds is 14. The minimum atomic E-state index is -1.15. The molecule has 0 aliphatic heterocycles. The fourth-order valence-electron chi connectivity index (χ4n) is 2.42. The zero-order valence-corrected chi connectivity index (χ0v) is 15.9. The number of carboxylic acids is 2. The van der Waals surface area contributed by atoms with Crippen LogP contribution in [0.15, 0.2) is 0 Å².